The minimum absolute atomic E-state index is 0.0269. The van der Waals surface area contributed by atoms with Crippen LogP contribution in [-0.4, -0.2) is 38.8 Å². The molecule has 0 atom stereocenters. The number of ether oxygens (including phenoxy) is 1. The zero-order valence-corrected chi connectivity index (χ0v) is 16.1. The first-order valence-corrected chi connectivity index (χ1v) is 9.71. The molecule has 134 valence electrons. The molecule has 2 aromatic carbocycles. The molecule has 2 heterocycles. The summed E-state index contributed by atoms with van der Waals surface area (Å²) >= 11 is 3.49. The topological polar surface area (TPSA) is 32.8 Å². The molecule has 2 aliphatic heterocycles. The zero-order valence-electron chi connectivity index (χ0n) is 14.5. The van der Waals surface area contributed by atoms with E-state index in [1.54, 1.807) is 6.08 Å². The van der Waals surface area contributed by atoms with Crippen LogP contribution in [-0.2, 0) is 16.0 Å². The normalized spacial score (nSPS) is 17.0. The minimum atomic E-state index is 0.0269. The van der Waals surface area contributed by atoms with Crippen molar-refractivity contribution in [3.63, 3.8) is 0 Å². The highest BCUT2D eigenvalue weighted by Crippen LogP contribution is 2.31. The van der Waals surface area contributed by atoms with Crippen LogP contribution in [0.1, 0.15) is 11.1 Å². The second kappa shape index (κ2) is 7.64. The Balaban J connectivity index is 1.43. The van der Waals surface area contributed by atoms with Crippen LogP contribution in [0.15, 0.2) is 53.0 Å². The van der Waals surface area contributed by atoms with Gasteiger partial charge in [0.05, 0.1) is 13.2 Å². The van der Waals surface area contributed by atoms with E-state index in [1.807, 2.05) is 23.1 Å². The van der Waals surface area contributed by atoms with Crippen molar-refractivity contribution >= 4 is 39.3 Å². The van der Waals surface area contributed by atoms with Crippen LogP contribution in [0.3, 0.4) is 0 Å². The second-order valence-corrected chi connectivity index (χ2v) is 7.45. The largest absolute Gasteiger partial charge is 0.378 e. The van der Waals surface area contributed by atoms with E-state index in [4.69, 9.17) is 4.74 Å². The van der Waals surface area contributed by atoms with Gasteiger partial charge >= 0.3 is 0 Å². The second-order valence-electron chi connectivity index (χ2n) is 6.54. The number of hydrogen-bond acceptors (Lipinski definition) is 3. The monoisotopic (exact) mass is 412 g/mol. The summed E-state index contributed by atoms with van der Waals surface area (Å²) in [7, 11) is 0. The summed E-state index contributed by atoms with van der Waals surface area (Å²) in [6.07, 6.45) is 4.47. The maximum absolute atomic E-state index is 12.6. The van der Waals surface area contributed by atoms with E-state index in [1.165, 1.54) is 11.3 Å². The smallest absolute Gasteiger partial charge is 0.251 e. The number of hydrogen-bond donors (Lipinski definition) is 0. The van der Waals surface area contributed by atoms with E-state index in [9.17, 15) is 4.79 Å². The Hall–Kier alpha value is -2.11. The molecule has 0 N–H and O–H groups in total. The van der Waals surface area contributed by atoms with Gasteiger partial charge in [0.1, 0.15) is 0 Å². The molecule has 0 spiro atoms. The third-order valence-electron chi connectivity index (χ3n) is 4.90. The van der Waals surface area contributed by atoms with Crippen molar-refractivity contribution in [2.45, 2.75) is 6.42 Å². The van der Waals surface area contributed by atoms with Gasteiger partial charge in [0.2, 0.25) is 0 Å². The molecule has 0 unspecified atom stereocenters. The number of morpholine rings is 1. The highest BCUT2D eigenvalue weighted by molar-refractivity contribution is 9.10. The van der Waals surface area contributed by atoms with Gasteiger partial charge in [-0.2, -0.15) is 0 Å². The minimum Gasteiger partial charge on any atom is -0.378 e. The number of fused-ring (bicyclic) bond motifs is 1. The summed E-state index contributed by atoms with van der Waals surface area (Å²) in [6, 6.07) is 14.5. The highest BCUT2D eigenvalue weighted by Gasteiger charge is 2.23. The number of carbonyl (C=O) groups is 1. The Morgan fingerprint density at radius 3 is 2.58 bits per heavy atom. The van der Waals surface area contributed by atoms with Gasteiger partial charge in [0.25, 0.3) is 5.91 Å². The summed E-state index contributed by atoms with van der Waals surface area (Å²) in [4.78, 5) is 16.8. The van der Waals surface area contributed by atoms with Crippen molar-refractivity contribution < 1.29 is 9.53 Å². The van der Waals surface area contributed by atoms with E-state index in [0.717, 1.165) is 55.0 Å². The molecule has 1 amide bonds. The number of rotatable bonds is 3. The third kappa shape index (κ3) is 3.69. The molecule has 1 saturated heterocycles. The summed E-state index contributed by atoms with van der Waals surface area (Å²) in [6.45, 7) is 4.16. The Morgan fingerprint density at radius 2 is 1.81 bits per heavy atom. The first kappa shape index (κ1) is 17.3. The molecule has 0 saturated carbocycles. The van der Waals surface area contributed by atoms with Crippen molar-refractivity contribution in [1.29, 1.82) is 0 Å². The van der Waals surface area contributed by atoms with Gasteiger partial charge in [0, 0.05) is 41.6 Å². The highest BCUT2D eigenvalue weighted by atomic mass is 79.9. The molecule has 26 heavy (non-hydrogen) atoms. The van der Waals surface area contributed by atoms with Crippen LogP contribution in [0.25, 0.3) is 6.08 Å². The molecule has 5 heteroatoms. The van der Waals surface area contributed by atoms with Crippen LogP contribution < -0.4 is 9.80 Å². The average Bonchev–Trinajstić information content (AvgIpc) is 3.10. The van der Waals surface area contributed by atoms with Crippen LogP contribution in [0, 0.1) is 0 Å². The Labute approximate surface area is 162 Å². The van der Waals surface area contributed by atoms with E-state index in [2.05, 4.69) is 51.2 Å². The quantitative estimate of drug-likeness (QED) is 0.716. The number of amides is 1. The van der Waals surface area contributed by atoms with E-state index in [-0.39, 0.29) is 5.91 Å². The molecule has 0 bridgehead atoms. The predicted octanol–water partition coefficient (Wildman–Crippen LogP) is 3.89. The third-order valence-corrected chi connectivity index (χ3v) is 5.39. The lowest BCUT2D eigenvalue weighted by atomic mass is 10.1. The summed E-state index contributed by atoms with van der Waals surface area (Å²) < 4.78 is 6.39. The Bertz CT molecular complexity index is 826. The molecule has 0 radical (unpaired) electrons. The lowest BCUT2D eigenvalue weighted by Gasteiger charge is -2.28. The standard InChI is InChI=1S/C21H21BrN2O2/c22-18-5-4-17-9-10-24(20(17)15-18)21(25)8-3-16-1-6-19(7-2-16)23-11-13-26-14-12-23/h1-8,15H,9-14H2/b8-3+. The molecule has 2 aromatic rings. The molecule has 4 rings (SSSR count). The van der Waals surface area contributed by atoms with E-state index in [0.29, 0.717) is 0 Å². The number of halogens is 1. The molecule has 2 aliphatic rings. The van der Waals surface area contributed by atoms with Gasteiger partial charge in [-0.25, -0.2) is 0 Å². The van der Waals surface area contributed by atoms with Gasteiger partial charge in [-0.1, -0.05) is 34.1 Å². The number of carbonyl (C=O) groups excluding carboxylic acids is 1. The van der Waals surface area contributed by atoms with Gasteiger partial charge in [-0.05, 0) is 47.9 Å². The fourth-order valence-electron chi connectivity index (χ4n) is 3.46. The molecule has 1 fully saturated rings. The fourth-order valence-corrected chi connectivity index (χ4v) is 3.81. The van der Waals surface area contributed by atoms with Gasteiger partial charge < -0.3 is 14.5 Å². The van der Waals surface area contributed by atoms with Crippen molar-refractivity contribution in [3.05, 3.63) is 64.1 Å². The lowest BCUT2D eigenvalue weighted by Crippen LogP contribution is -2.36. The number of nitrogens with zero attached hydrogens (tertiary/aromatic N) is 2. The van der Waals surface area contributed by atoms with Crippen LogP contribution >= 0.6 is 15.9 Å². The van der Waals surface area contributed by atoms with E-state index >= 15 is 0 Å². The van der Waals surface area contributed by atoms with Gasteiger partial charge in [-0.3, -0.25) is 4.79 Å². The van der Waals surface area contributed by atoms with Crippen molar-refractivity contribution in [1.82, 2.24) is 0 Å². The first-order valence-electron chi connectivity index (χ1n) is 8.91. The summed E-state index contributed by atoms with van der Waals surface area (Å²) in [5.41, 5.74) is 4.47. The van der Waals surface area contributed by atoms with Crippen LogP contribution in [0.2, 0.25) is 0 Å². The molecule has 0 aromatic heterocycles. The van der Waals surface area contributed by atoms with Crippen LogP contribution in [0.4, 0.5) is 11.4 Å². The number of anilines is 2. The average molecular weight is 413 g/mol. The zero-order chi connectivity index (χ0) is 17.9. The van der Waals surface area contributed by atoms with Crippen molar-refractivity contribution in [2.24, 2.45) is 0 Å². The maximum atomic E-state index is 12.6. The SMILES string of the molecule is O=C(/C=C/c1ccc(N2CCOCC2)cc1)N1CCc2ccc(Br)cc21. The van der Waals surface area contributed by atoms with E-state index < -0.39 is 0 Å². The van der Waals surface area contributed by atoms with Crippen molar-refractivity contribution in [2.75, 3.05) is 42.6 Å². The van der Waals surface area contributed by atoms with Crippen molar-refractivity contribution in [3.8, 4) is 0 Å². The molecular weight excluding hydrogens is 392 g/mol. The molecule has 4 nitrogen and oxygen atoms in total. The molecular formula is C21H21BrN2O2. The predicted molar refractivity (Wildman–Crippen MR) is 109 cm³/mol. The summed E-state index contributed by atoms with van der Waals surface area (Å²) in [5, 5.41) is 0. The summed E-state index contributed by atoms with van der Waals surface area (Å²) in [5.74, 6) is 0.0269. The van der Waals surface area contributed by atoms with Gasteiger partial charge in [-0.15, -0.1) is 0 Å². The van der Waals surface area contributed by atoms with Crippen LogP contribution in [0.5, 0.6) is 0 Å². The maximum Gasteiger partial charge on any atom is 0.251 e. The Morgan fingerprint density at radius 1 is 1.04 bits per heavy atom. The fraction of sp³-hybridized carbons (Fsp3) is 0.286. The van der Waals surface area contributed by atoms with Gasteiger partial charge in [0.15, 0.2) is 0 Å². The lowest BCUT2D eigenvalue weighted by molar-refractivity contribution is -0.114. The molecule has 0 aliphatic carbocycles. The first-order chi connectivity index (χ1) is 12.7. The number of benzene rings is 2. The Kier molecular flexibility index (Phi) is 5.09.